The lowest BCUT2D eigenvalue weighted by molar-refractivity contribution is -0.393. The van der Waals surface area contributed by atoms with E-state index >= 15 is 0 Å². The molecule has 0 unspecified atom stereocenters. The Balaban J connectivity index is 1.87. The first-order valence-corrected chi connectivity index (χ1v) is 7.71. The molecule has 1 heterocycles. The molecule has 25 heavy (non-hydrogen) atoms. The zero-order valence-electron chi connectivity index (χ0n) is 12.4. The highest BCUT2D eigenvalue weighted by Gasteiger charge is 2.19. The number of thiophene rings is 1. The second-order valence-electron chi connectivity index (χ2n) is 4.90. The highest BCUT2D eigenvalue weighted by Crippen LogP contribution is 2.35. The zero-order valence-corrected chi connectivity index (χ0v) is 13.3. The van der Waals surface area contributed by atoms with Crippen molar-refractivity contribution >= 4 is 44.7 Å². The monoisotopic (exact) mass is 358 g/mol. The number of hydrogen-bond donors (Lipinski definition) is 2. The first kappa shape index (κ1) is 16.3. The van der Waals surface area contributed by atoms with Gasteiger partial charge in [0.25, 0.3) is 5.69 Å². The van der Waals surface area contributed by atoms with Crippen LogP contribution in [0.4, 0.5) is 17.1 Å². The van der Waals surface area contributed by atoms with Gasteiger partial charge < -0.3 is 5.11 Å². The van der Waals surface area contributed by atoms with E-state index in [0.717, 1.165) is 16.8 Å². The molecule has 0 aliphatic carbocycles. The van der Waals surface area contributed by atoms with Gasteiger partial charge >= 0.3 is 5.69 Å². The van der Waals surface area contributed by atoms with Gasteiger partial charge in [0.05, 0.1) is 27.0 Å². The number of fused-ring (bicyclic) bond motifs is 1. The number of non-ortho nitro benzene ring substituents is 1. The predicted octanol–water partition coefficient (Wildman–Crippen LogP) is 3.87. The van der Waals surface area contributed by atoms with Crippen LogP contribution < -0.4 is 5.43 Å². The molecule has 0 saturated heterocycles. The van der Waals surface area contributed by atoms with Crippen LogP contribution in [0, 0.1) is 20.2 Å². The number of hydrogen-bond acceptors (Lipinski definition) is 8. The van der Waals surface area contributed by atoms with Crippen molar-refractivity contribution in [2.24, 2.45) is 5.10 Å². The summed E-state index contributed by atoms with van der Waals surface area (Å²) in [5, 5.41) is 36.5. The van der Waals surface area contributed by atoms with Gasteiger partial charge in [0.1, 0.15) is 11.4 Å². The quantitative estimate of drug-likeness (QED) is 0.404. The van der Waals surface area contributed by atoms with Gasteiger partial charge in [-0.1, -0.05) is 12.1 Å². The van der Waals surface area contributed by atoms with Gasteiger partial charge in [-0.3, -0.25) is 25.7 Å². The number of rotatable bonds is 5. The molecule has 10 heteroatoms. The molecule has 0 atom stereocenters. The molecule has 126 valence electrons. The summed E-state index contributed by atoms with van der Waals surface area (Å²) in [6.07, 6.45) is 1.34. The van der Waals surface area contributed by atoms with Gasteiger partial charge in [0.2, 0.25) is 0 Å². The SMILES string of the molecule is O=[N+]([O-])c1ccc(N/N=C/c2sc3ccccc3c2O)c([N+](=O)[O-])c1. The minimum atomic E-state index is -0.734. The molecule has 0 aliphatic heterocycles. The molecule has 0 spiro atoms. The smallest absolute Gasteiger partial charge is 0.301 e. The summed E-state index contributed by atoms with van der Waals surface area (Å²) in [4.78, 5) is 20.8. The molecule has 3 rings (SSSR count). The summed E-state index contributed by atoms with van der Waals surface area (Å²) in [7, 11) is 0. The van der Waals surface area contributed by atoms with E-state index in [1.807, 2.05) is 12.1 Å². The van der Waals surface area contributed by atoms with E-state index < -0.39 is 15.5 Å². The minimum Gasteiger partial charge on any atom is -0.506 e. The number of aromatic hydroxyl groups is 1. The molecule has 0 amide bonds. The lowest BCUT2D eigenvalue weighted by Crippen LogP contribution is -1.98. The average molecular weight is 358 g/mol. The standard InChI is InChI=1S/C15H10N4O5S/c20-15-10-3-1-2-4-13(10)25-14(15)8-16-17-11-6-5-9(18(21)22)7-12(11)19(23)24/h1-8,17,20H/b16-8+. The van der Waals surface area contributed by atoms with E-state index in [1.165, 1.54) is 23.6 Å². The van der Waals surface area contributed by atoms with Gasteiger partial charge in [-0.2, -0.15) is 5.10 Å². The van der Waals surface area contributed by atoms with Crippen LogP contribution in [0.1, 0.15) is 4.88 Å². The number of nitrogens with zero attached hydrogens (tertiary/aromatic N) is 3. The van der Waals surface area contributed by atoms with Crippen LogP contribution >= 0.6 is 11.3 Å². The molecule has 0 fully saturated rings. The molecular formula is C15H10N4O5S. The van der Waals surface area contributed by atoms with E-state index in [-0.39, 0.29) is 17.1 Å². The molecule has 2 N–H and O–H groups in total. The highest BCUT2D eigenvalue weighted by molar-refractivity contribution is 7.21. The van der Waals surface area contributed by atoms with Crippen molar-refractivity contribution in [1.82, 2.24) is 0 Å². The molecule has 0 radical (unpaired) electrons. The minimum absolute atomic E-state index is 0.00690. The number of anilines is 1. The van der Waals surface area contributed by atoms with Crippen molar-refractivity contribution in [3.63, 3.8) is 0 Å². The summed E-state index contributed by atoms with van der Waals surface area (Å²) in [6.45, 7) is 0. The Kier molecular flexibility index (Phi) is 4.27. The Bertz CT molecular complexity index is 1010. The third-order valence-electron chi connectivity index (χ3n) is 3.35. The normalized spacial score (nSPS) is 11.0. The van der Waals surface area contributed by atoms with Crippen molar-refractivity contribution in [1.29, 1.82) is 0 Å². The summed E-state index contributed by atoms with van der Waals surface area (Å²) in [5.74, 6) is 0.0735. The van der Waals surface area contributed by atoms with Crippen molar-refractivity contribution < 1.29 is 15.0 Å². The Labute approximate surface area is 144 Å². The first-order valence-electron chi connectivity index (χ1n) is 6.90. The van der Waals surface area contributed by atoms with E-state index in [0.29, 0.717) is 10.3 Å². The summed E-state index contributed by atoms with van der Waals surface area (Å²) in [5.41, 5.74) is 1.64. The van der Waals surface area contributed by atoms with Crippen molar-refractivity contribution in [3.05, 3.63) is 67.6 Å². The fourth-order valence-corrected chi connectivity index (χ4v) is 3.15. The number of benzene rings is 2. The molecule has 9 nitrogen and oxygen atoms in total. The Morgan fingerprint density at radius 3 is 2.56 bits per heavy atom. The van der Waals surface area contributed by atoms with E-state index in [1.54, 1.807) is 12.1 Å². The largest absolute Gasteiger partial charge is 0.506 e. The van der Waals surface area contributed by atoms with E-state index in [9.17, 15) is 25.3 Å². The fraction of sp³-hybridized carbons (Fsp3) is 0. The highest BCUT2D eigenvalue weighted by atomic mass is 32.1. The predicted molar refractivity (Wildman–Crippen MR) is 94.5 cm³/mol. The molecular weight excluding hydrogens is 348 g/mol. The lowest BCUT2D eigenvalue weighted by atomic mass is 10.2. The molecule has 1 aromatic heterocycles. The van der Waals surface area contributed by atoms with Crippen LogP contribution in [0.3, 0.4) is 0 Å². The Morgan fingerprint density at radius 2 is 1.88 bits per heavy atom. The van der Waals surface area contributed by atoms with E-state index in [4.69, 9.17) is 0 Å². The summed E-state index contributed by atoms with van der Waals surface area (Å²) in [6, 6.07) is 10.5. The van der Waals surface area contributed by atoms with E-state index in [2.05, 4.69) is 10.5 Å². The maximum Gasteiger partial charge on any atom is 0.301 e. The molecule has 3 aromatic rings. The van der Waals surface area contributed by atoms with Gasteiger partial charge in [-0.05, 0) is 18.2 Å². The van der Waals surface area contributed by atoms with Crippen LogP contribution in [0.2, 0.25) is 0 Å². The maximum absolute atomic E-state index is 11.1. The second kappa shape index (κ2) is 6.53. The first-order chi connectivity index (χ1) is 12.0. The molecule has 0 bridgehead atoms. The average Bonchev–Trinajstić information content (AvgIpc) is 2.91. The summed E-state index contributed by atoms with van der Waals surface area (Å²) >= 11 is 1.31. The van der Waals surface area contributed by atoms with Gasteiger partial charge in [-0.25, -0.2) is 0 Å². The topological polar surface area (TPSA) is 131 Å². The molecule has 0 aliphatic rings. The van der Waals surface area contributed by atoms with Crippen LogP contribution in [-0.4, -0.2) is 21.2 Å². The van der Waals surface area contributed by atoms with Crippen LogP contribution in [0.15, 0.2) is 47.6 Å². The molecule has 0 saturated carbocycles. The number of nitrogens with one attached hydrogen (secondary N) is 1. The zero-order chi connectivity index (χ0) is 18.0. The number of hydrazone groups is 1. The van der Waals surface area contributed by atoms with Gasteiger partial charge in [0.15, 0.2) is 0 Å². The lowest BCUT2D eigenvalue weighted by Gasteiger charge is -2.01. The van der Waals surface area contributed by atoms with Crippen molar-refractivity contribution in [3.8, 4) is 5.75 Å². The third kappa shape index (κ3) is 3.23. The summed E-state index contributed by atoms with van der Waals surface area (Å²) < 4.78 is 0.878. The second-order valence-corrected chi connectivity index (χ2v) is 5.98. The van der Waals surface area contributed by atoms with Crippen molar-refractivity contribution in [2.75, 3.05) is 5.43 Å². The van der Waals surface area contributed by atoms with Crippen LogP contribution in [-0.2, 0) is 0 Å². The van der Waals surface area contributed by atoms with Gasteiger partial charge in [0, 0.05) is 16.2 Å². The molecule has 2 aromatic carbocycles. The fourth-order valence-electron chi connectivity index (χ4n) is 2.18. The number of nitro benzene ring substituents is 2. The van der Waals surface area contributed by atoms with Crippen LogP contribution in [0.5, 0.6) is 5.75 Å². The van der Waals surface area contributed by atoms with Gasteiger partial charge in [-0.15, -0.1) is 11.3 Å². The Hall–Kier alpha value is -3.53. The van der Waals surface area contributed by atoms with Crippen molar-refractivity contribution in [2.45, 2.75) is 0 Å². The third-order valence-corrected chi connectivity index (χ3v) is 4.45. The number of nitro groups is 2. The Morgan fingerprint density at radius 1 is 1.12 bits per heavy atom. The van der Waals surface area contributed by atoms with Crippen LogP contribution in [0.25, 0.3) is 10.1 Å². The maximum atomic E-state index is 11.1.